The van der Waals surface area contributed by atoms with Crippen LogP contribution in [-0.4, -0.2) is 26.4 Å². The first-order valence-corrected chi connectivity index (χ1v) is 12.1. The minimum atomic E-state index is -4.73. The van der Waals surface area contributed by atoms with Gasteiger partial charge in [-0.25, -0.2) is 9.55 Å². The highest BCUT2D eigenvalue weighted by molar-refractivity contribution is 7.46. The summed E-state index contributed by atoms with van der Waals surface area (Å²) in [5.41, 5.74) is 4.81. The summed E-state index contributed by atoms with van der Waals surface area (Å²) in [5, 5.41) is 0. The summed E-state index contributed by atoms with van der Waals surface area (Å²) in [6.07, 6.45) is 3.18. The normalized spacial score (nSPS) is 14.5. The molecule has 2 rings (SSSR count). The van der Waals surface area contributed by atoms with Crippen molar-refractivity contribution in [2.45, 2.75) is 70.5 Å². The Bertz CT molecular complexity index is 925. The highest BCUT2D eigenvalue weighted by atomic mass is 31.2. The van der Waals surface area contributed by atoms with Gasteiger partial charge < -0.3 is 20.5 Å². The van der Waals surface area contributed by atoms with Crippen molar-refractivity contribution in [2.75, 3.05) is 6.61 Å². The van der Waals surface area contributed by atoms with E-state index in [1.807, 2.05) is 0 Å². The van der Waals surface area contributed by atoms with Crippen LogP contribution in [0, 0.1) is 0 Å². The minimum Gasteiger partial charge on any atom is -0.340 e. The van der Waals surface area contributed by atoms with Gasteiger partial charge in [0, 0.05) is 5.56 Å². The number of aryl methyl sites for hydroxylation is 1. The number of hydrogen-bond acceptors (Lipinski definition) is 4. The standard InChI is InChI=1S/C21H31F3N3O4P/c1-3-4-5-6-7-8-9-15-10-11-16(12-17(15)21(22,23)24)18-13-26-19(27-18)20(2,25)14-31-32(28,29)30/h10-13H,3-9,14,25H2,1-2H3,(H,26,27)(H2,28,29,30)/t20-/m0/s1. The van der Waals surface area contributed by atoms with E-state index in [0.717, 1.165) is 38.2 Å². The van der Waals surface area contributed by atoms with Gasteiger partial charge in [0.2, 0.25) is 0 Å². The van der Waals surface area contributed by atoms with E-state index >= 15 is 0 Å². The maximum absolute atomic E-state index is 13.7. The van der Waals surface area contributed by atoms with Crippen LogP contribution in [0.15, 0.2) is 24.4 Å². The molecule has 0 aliphatic carbocycles. The lowest BCUT2D eigenvalue weighted by molar-refractivity contribution is -0.138. The largest absolute Gasteiger partial charge is 0.469 e. The molecule has 1 heterocycles. The molecule has 2 aromatic rings. The Morgan fingerprint density at radius 3 is 2.44 bits per heavy atom. The van der Waals surface area contributed by atoms with E-state index in [0.29, 0.717) is 18.5 Å². The van der Waals surface area contributed by atoms with Gasteiger partial charge in [-0.05, 0) is 31.4 Å². The summed E-state index contributed by atoms with van der Waals surface area (Å²) < 4.78 is 56.4. The zero-order valence-corrected chi connectivity index (χ0v) is 19.2. The van der Waals surface area contributed by atoms with Crippen LogP contribution in [0.1, 0.15) is 69.3 Å². The van der Waals surface area contributed by atoms with Crippen LogP contribution in [0.4, 0.5) is 13.2 Å². The van der Waals surface area contributed by atoms with Crippen LogP contribution in [0.3, 0.4) is 0 Å². The van der Waals surface area contributed by atoms with E-state index in [1.54, 1.807) is 6.07 Å². The Morgan fingerprint density at radius 2 is 1.81 bits per heavy atom. The van der Waals surface area contributed by atoms with E-state index in [9.17, 15) is 17.7 Å². The number of H-pyrrole nitrogens is 1. The monoisotopic (exact) mass is 477 g/mol. The van der Waals surface area contributed by atoms with Gasteiger partial charge in [-0.1, -0.05) is 51.2 Å². The third-order valence-electron chi connectivity index (χ3n) is 5.18. The molecule has 7 nitrogen and oxygen atoms in total. The Balaban J connectivity index is 2.18. The summed E-state index contributed by atoms with van der Waals surface area (Å²) in [4.78, 5) is 24.6. The summed E-state index contributed by atoms with van der Waals surface area (Å²) in [7, 11) is -4.73. The molecular weight excluding hydrogens is 446 g/mol. The molecule has 0 aliphatic heterocycles. The lowest BCUT2D eigenvalue weighted by Gasteiger charge is -2.22. The van der Waals surface area contributed by atoms with Crippen LogP contribution < -0.4 is 5.73 Å². The van der Waals surface area contributed by atoms with Gasteiger partial charge in [0.15, 0.2) is 0 Å². The highest BCUT2D eigenvalue weighted by Gasteiger charge is 2.34. The number of benzene rings is 1. The molecule has 0 fully saturated rings. The summed E-state index contributed by atoms with van der Waals surface area (Å²) in [6, 6.07) is 4.17. The van der Waals surface area contributed by atoms with Gasteiger partial charge in [0.1, 0.15) is 5.82 Å². The van der Waals surface area contributed by atoms with Gasteiger partial charge in [0.25, 0.3) is 0 Å². The number of imidazole rings is 1. The van der Waals surface area contributed by atoms with Gasteiger partial charge in [-0.3, -0.25) is 4.52 Å². The second-order valence-electron chi connectivity index (χ2n) is 8.21. The van der Waals surface area contributed by atoms with Gasteiger partial charge in [-0.2, -0.15) is 13.2 Å². The molecule has 1 aromatic carbocycles. The van der Waals surface area contributed by atoms with Crippen LogP contribution in [0.25, 0.3) is 11.3 Å². The Morgan fingerprint density at radius 1 is 1.16 bits per heavy atom. The number of halogens is 3. The molecular formula is C21H31F3N3O4P. The fourth-order valence-electron chi connectivity index (χ4n) is 3.37. The van der Waals surface area contributed by atoms with Crippen LogP contribution in [-0.2, 0) is 27.2 Å². The van der Waals surface area contributed by atoms with E-state index in [4.69, 9.17) is 15.5 Å². The highest BCUT2D eigenvalue weighted by Crippen LogP contribution is 2.38. The zero-order chi connectivity index (χ0) is 24.0. The molecule has 0 amide bonds. The third-order valence-corrected chi connectivity index (χ3v) is 5.64. The van der Waals surface area contributed by atoms with Gasteiger partial charge in [0.05, 0.1) is 29.6 Å². The molecule has 0 saturated heterocycles. The van der Waals surface area contributed by atoms with E-state index in [1.165, 1.54) is 19.2 Å². The summed E-state index contributed by atoms with van der Waals surface area (Å²) >= 11 is 0. The fraction of sp³-hybridized carbons (Fsp3) is 0.571. The maximum atomic E-state index is 13.7. The number of unbranched alkanes of at least 4 members (excludes halogenated alkanes) is 5. The molecule has 180 valence electrons. The van der Waals surface area contributed by atoms with E-state index < -0.39 is 31.7 Å². The molecule has 32 heavy (non-hydrogen) atoms. The van der Waals surface area contributed by atoms with E-state index in [-0.39, 0.29) is 17.0 Å². The average molecular weight is 477 g/mol. The van der Waals surface area contributed by atoms with Crippen molar-refractivity contribution in [2.24, 2.45) is 5.73 Å². The maximum Gasteiger partial charge on any atom is 0.469 e. The first-order valence-electron chi connectivity index (χ1n) is 10.6. The molecule has 1 atom stereocenters. The number of hydrogen-bond donors (Lipinski definition) is 4. The Hall–Kier alpha value is -1.71. The van der Waals surface area contributed by atoms with Gasteiger partial charge >= 0.3 is 14.0 Å². The van der Waals surface area contributed by atoms with Crippen LogP contribution >= 0.6 is 7.82 Å². The number of rotatable bonds is 12. The number of nitrogens with zero attached hydrogens (tertiary/aromatic N) is 1. The van der Waals surface area contributed by atoms with Crippen molar-refractivity contribution in [1.82, 2.24) is 9.97 Å². The number of aromatic amines is 1. The smallest absolute Gasteiger partial charge is 0.340 e. The second kappa shape index (κ2) is 10.9. The van der Waals surface area contributed by atoms with Crippen LogP contribution in [0.2, 0.25) is 0 Å². The number of nitrogens with one attached hydrogen (secondary N) is 1. The van der Waals surface area contributed by atoms with Crippen molar-refractivity contribution in [3.8, 4) is 11.3 Å². The first kappa shape index (κ1) is 26.5. The van der Waals surface area contributed by atoms with Crippen LogP contribution in [0.5, 0.6) is 0 Å². The molecule has 11 heteroatoms. The van der Waals surface area contributed by atoms with Crippen molar-refractivity contribution in [3.63, 3.8) is 0 Å². The summed E-state index contributed by atoms with van der Waals surface area (Å²) in [6.45, 7) is 3.02. The molecule has 0 aliphatic rings. The fourth-order valence-corrected chi connectivity index (χ4v) is 3.80. The third kappa shape index (κ3) is 8.01. The van der Waals surface area contributed by atoms with Crippen molar-refractivity contribution in [3.05, 3.63) is 41.3 Å². The molecule has 0 spiro atoms. The lowest BCUT2D eigenvalue weighted by Crippen LogP contribution is -2.39. The van der Waals surface area contributed by atoms with Crippen molar-refractivity contribution < 1.29 is 32.0 Å². The van der Waals surface area contributed by atoms with Crippen molar-refractivity contribution >= 4 is 7.82 Å². The average Bonchev–Trinajstić information content (AvgIpc) is 3.19. The molecule has 5 N–H and O–H groups in total. The second-order valence-corrected chi connectivity index (χ2v) is 9.45. The molecule has 0 unspecified atom stereocenters. The minimum absolute atomic E-state index is 0.130. The quantitative estimate of drug-likeness (QED) is 0.244. The zero-order valence-electron chi connectivity index (χ0n) is 18.3. The number of alkyl halides is 3. The topological polar surface area (TPSA) is 121 Å². The number of phosphoric ester groups is 1. The lowest BCUT2D eigenvalue weighted by atomic mass is 9.97. The summed E-state index contributed by atoms with van der Waals surface area (Å²) in [5.74, 6) is 0.130. The first-order chi connectivity index (χ1) is 14.8. The Labute approximate surface area is 185 Å². The predicted octanol–water partition coefficient (Wildman–Crippen LogP) is 5.28. The Kier molecular flexibility index (Phi) is 9.07. The number of nitrogens with two attached hydrogens (primary N) is 1. The molecule has 0 radical (unpaired) electrons. The van der Waals surface area contributed by atoms with Gasteiger partial charge in [-0.15, -0.1) is 0 Å². The molecule has 0 saturated carbocycles. The SMILES string of the molecule is CCCCCCCCc1ccc(-c2cnc([C@@](C)(N)COP(=O)(O)O)[nH]2)cc1C(F)(F)F. The molecule has 1 aromatic heterocycles. The number of aromatic nitrogens is 2. The predicted molar refractivity (Wildman–Crippen MR) is 116 cm³/mol. The number of phosphoric acid groups is 1. The van der Waals surface area contributed by atoms with Crippen molar-refractivity contribution in [1.29, 1.82) is 0 Å². The van der Waals surface area contributed by atoms with E-state index in [2.05, 4.69) is 21.4 Å². The molecule has 0 bridgehead atoms.